The number of ether oxygens (including phenoxy) is 1. The summed E-state index contributed by atoms with van der Waals surface area (Å²) < 4.78 is 19.6. The fourth-order valence-electron chi connectivity index (χ4n) is 2.61. The molecule has 1 atom stereocenters. The maximum Gasteiger partial charge on any atom is 0.261 e. The third-order valence-electron chi connectivity index (χ3n) is 4.14. The van der Waals surface area contributed by atoms with E-state index in [0.717, 1.165) is 0 Å². The van der Waals surface area contributed by atoms with Crippen molar-refractivity contribution >= 4 is 35.0 Å². The average molecular weight is 441 g/mol. The molecule has 2 aromatic rings. The molecule has 1 N–H and O–H groups in total. The minimum atomic E-state index is -0.825. The Kier molecular flexibility index (Phi) is 8.29. The van der Waals surface area contributed by atoms with E-state index in [0.29, 0.717) is 10.6 Å². The van der Waals surface area contributed by atoms with Crippen LogP contribution in [0.1, 0.15) is 26.3 Å². The first-order chi connectivity index (χ1) is 13.7. The number of hydrogen-bond donors (Lipinski definition) is 1. The molecule has 0 aliphatic carbocycles. The zero-order valence-corrected chi connectivity index (χ0v) is 17.9. The molecule has 8 heteroatoms. The van der Waals surface area contributed by atoms with Gasteiger partial charge in [0.05, 0.1) is 5.02 Å². The largest absolute Gasteiger partial charge is 0.482 e. The molecule has 0 aliphatic heterocycles. The van der Waals surface area contributed by atoms with Gasteiger partial charge >= 0.3 is 0 Å². The molecular weight excluding hydrogens is 418 g/mol. The summed E-state index contributed by atoms with van der Waals surface area (Å²) >= 11 is 11.9. The summed E-state index contributed by atoms with van der Waals surface area (Å²) in [4.78, 5) is 26.6. The van der Waals surface area contributed by atoms with Crippen LogP contribution >= 0.6 is 23.2 Å². The summed E-state index contributed by atoms with van der Waals surface area (Å²) in [5, 5.41) is 3.46. The first kappa shape index (κ1) is 23.0. The number of hydrogen-bond acceptors (Lipinski definition) is 3. The highest BCUT2D eigenvalue weighted by Crippen LogP contribution is 2.27. The van der Waals surface area contributed by atoms with Crippen LogP contribution in [0.2, 0.25) is 10.0 Å². The van der Waals surface area contributed by atoms with E-state index in [-0.39, 0.29) is 35.9 Å². The molecule has 0 radical (unpaired) electrons. The average Bonchev–Trinajstić information content (AvgIpc) is 2.65. The second-order valence-electron chi connectivity index (χ2n) is 6.82. The van der Waals surface area contributed by atoms with Gasteiger partial charge in [-0.25, -0.2) is 4.39 Å². The van der Waals surface area contributed by atoms with Crippen LogP contribution in [0.4, 0.5) is 4.39 Å². The summed E-state index contributed by atoms with van der Waals surface area (Å²) in [5.74, 6) is -0.988. The van der Waals surface area contributed by atoms with E-state index < -0.39 is 17.8 Å². The van der Waals surface area contributed by atoms with Crippen molar-refractivity contribution in [3.8, 4) is 5.75 Å². The number of amides is 2. The Morgan fingerprint density at radius 3 is 2.45 bits per heavy atom. The Hall–Kier alpha value is -2.31. The highest BCUT2D eigenvalue weighted by atomic mass is 35.5. The third kappa shape index (κ3) is 6.61. The number of nitrogens with zero attached hydrogens (tertiary/aromatic N) is 1. The van der Waals surface area contributed by atoms with Crippen LogP contribution in [-0.4, -0.2) is 35.4 Å². The van der Waals surface area contributed by atoms with Crippen molar-refractivity contribution in [2.75, 3.05) is 6.61 Å². The van der Waals surface area contributed by atoms with Gasteiger partial charge in [0.25, 0.3) is 5.91 Å². The molecule has 2 rings (SSSR count). The van der Waals surface area contributed by atoms with E-state index in [1.807, 2.05) is 13.8 Å². The number of rotatable bonds is 8. The van der Waals surface area contributed by atoms with Gasteiger partial charge in [-0.1, -0.05) is 41.4 Å². The molecule has 0 aliphatic rings. The van der Waals surface area contributed by atoms with Crippen molar-refractivity contribution in [2.24, 2.45) is 0 Å². The number of benzene rings is 2. The maximum atomic E-state index is 14.1. The topological polar surface area (TPSA) is 58.6 Å². The summed E-state index contributed by atoms with van der Waals surface area (Å²) in [6.45, 7) is 4.79. The lowest BCUT2D eigenvalue weighted by atomic mass is 10.1. The molecule has 0 saturated carbocycles. The quantitative estimate of drug-likeness (QED) is 0.659. The number of carbonyl (C=O) groups excluding carboxylic acids is 2. The second kappa shape index (κ2) is 10.5. The fourth-order valence-corrected chi connectivity index (χ4v) is 3.08. The summed E-state index contributed by atoms with van der Waals surface area (Å²) in [7, 11) is 0. The van der Waals surface area contributed by atoms with Crippen molar-refractivity contribution in [3.63, 3.8) is 0 Å². The third-order valence-corrected chi connectivity index (χ3v) is 4.67. The predicted molar refractivity (Wildman–Crippen MR) is 112 cm³/mol. The standard InChI is InChI=1S/C21H23Cl2FN2O3/c1-13(2)25-21(28)14(3)26(11-15-6-4-5-7-18(15)24)20(27)12-29-19-9-8-16(22)10-17(19)23/h4-10,13-14H,11-12H2,1-3H3,(H,25,28). The monoisotopic (exact) mass is 440 g/mol. The molecule has 2 aromatic carbocycles. The van der Waals surface area contributed by atoms with Gasteiger partial charge in [-0.15, -0.1) is 0 Å². The van der Waals surface area contributed by atoms with E-state index in [1.54, 1.807) is 37.3 Å². The smallest absolute Gasteiger partial charge is 0.261 e. The van der Waals surface area contributed by atoms with Gasteiger partial charge in [-0.3, -0.25) is 9.59 Å². The van der Waals surface area contributed by atoms with E-state index >= 15 is 0 Å². The second-order valence-corrected chi connectivity index (χ2v) is 7.66. The fraction of sp³-hybridized carbons (Fsp3) is 0.333. The zero-order chi connectivity index (χ0) is 21.6. The summed E-state index contributed by atoms with van der Waals surface area (Å²) in [6.07, 6.45) is 0. The van der Waals surface area contributed by atoms with Gasteiger partial charge in [-0.05, 0) is 45.0 Å². The van der Waals surface area contributed by atoms with Gasteiger partial charge in [-0.2, -0.15) is 0 Å². The molecule has 1 unspecified atom stereocenters. The van der Waals surface area contributed by atoms with E-state index in [1.165, 1.54) is 17.0 Å². The Labute approximate surface area is 179 Å². The van der Waals surface area contributed by atoms with Gasteiger partial charge in [0, 0.05) is 23.2 Å². The van der Waals surface area contributed by atoms with Crippen LogP contribution in [-0.2, 0) is 16.1 Å². The van der Waals surface area contributed by atoms with Crippen molar-refractivity contribution in [2.45, 2.75) is 39.4 Å². The first-order valence-electron chi connectivity index (χ1n) is 9.10. The maximum absolute atomic E-state index is 14.1. The van der Waals surface area contributed by atoms with Crippen molar-refractivity contribution in [1.82, 2.24) is 10.2 Å². The zero-order valence-electron chi connectivity index (χ0n) is 16.4. The van der Waals surface area contributed by atoms with Crippen molar-refractivity contribution in [3.05, 3.63) is 63.9 Å². The molecule has 156 valence electrons. The van der Waals surface area contributed by atoms with Crippen molar-refractivity contribution in [1.29, 1.82) is 0 Å². The Morgan fingerprint density at radius 2 is 1.83 bits per heavy atom. The molecule has 0 aromatic heterocycles. The van der Waals surface area contributed by atoms with Crippen LogP contribution < -0.4 is 10.1 Å². The van der Waals surface area contributed by atoms with Crippen molar-refractivity contribution < 1.29 is 18.7 Å². The van der Waals surface area contributed by atoms with Gasteiger partial charge in [0.15, 0.2) is 6.61 Å². The Bertz CT molecular complexity index is 877. The number of carbonyl (C=O) groups is 2. The van der Waals surface area contributed by atoms with Gasteiger partial charge in [0.2, 0.25) is 5.91 Å². The predicted octanol–water partition coefficient (Wildman–Crippen LogP) is 4.45. The lowest BCUT2D eigenvalue weighted by Gasteiger charge is -2.29. The Morgan fingerprint density at radius 1 is 1.14 bits per heavy atom. The lowest BCUT2D eigenvalue weighted by molar-refractivity contribution is -0.142. The molecule has 0 fully saturated rings. The lowest BCUT2D eigenvalue weighted by Crippen LogP contribution is -2.50. The molecular formula is C21H23Cl2FN2O3. The highest BCUT2D eigenvalue weighted by molar-refractivity contribution is 6.35. The molecule has 29 heavy (non-hydrogen) atoms. The molecule has 0 saturated heterocycles. The minimum Gasteiger partial charge on any atom is -0.482 e. The molecule has 2 amide bonds. The molecule has 0 spiro atoms. The van der Waals surface area contributed by atoms with Crippen LogP contribution in [0.25, 0.3) is 0 Å². The van der Waals surface area contributed by atoms with Gasteiger partial charge in [0.1, 0.15) is 17.6 Å². The Balaban J connectivity index is 2.19. The molecule has 0 bridgehead atoms. The van der Waals surface area contributed by atoms with Crippen LogP contribution in [0.5, 0.6) is 5.75 Å². The number of nitrogens with one attached hydrogen (secondary N) is 1. The summed E-state index contributed by atoms with van der Waals surface area (Å²) in [6, 6.07) is 9.82. The van der Waals surface area contributed by atoms with Crippen LogP contribution in [0, 0.1) is 5.82 Å². The van der Waals surface area contributed by atoms with E-state index in [4.69, 9.17) is 27.9 Å². The SMILES string of the molecule is CC(C)NC(=O)C(C)N(Cc1ccccc1F)C(=O)COc1ccc(Cl)cc1Cl. The summed E-state index contributed by atoms with van der Waals surface area (Å²) in [5.41, 5.74) is 0.301. The normalized spacial score (nSPS) is 11.8. The first-order valence-corrected chi connectivity index (χ1v) is 9.85. The van der Waals surface area contributed by atoms with Gasteiger partial charge < -0.3 is 15.0 Å². The minimum absolute atomic E-state index is 0.0735. The van der Waals surface area contributed by atoms with E-state index in [9.17, 15) is 14.0 Å². The molecule has 0 heterocycles. The van der Waals surface area contributed by atoms with Crippen LogP contribution in [0.15, 0.2) is 42.5 Å². The molecule has 5 nitrogen and oxygen atoms in total. The van der Waals surface area contributed by atoms with Crippen LogP contribution in [0.3, 0.4) is 0 Å². The van der Waals surface area contributed by atoms with E-state index in [2.05, 4.69) is 5.32 Å². The highest BCUT2D eigenvalue weighted by Gasteiger charge is 2.27. The number of halogens is 3.